The molecule has 0 aliphatic heterocycles. The molecule has 23 heavy (non-hydrogen) atoms. The maximum atomic E-state index is 8.97. The first kappa shape index (κ1) is 14.7. The standard InChI is InChI=1S/C16H14N4O3/c1-9(19-20-16-12(8-17)18-10(2)22-16)14-7-11-5-4-6-13(21-3)15(11)23-14/h4-7,20H,1-3H3/b19-9+. The fourth-order valence-corrected chi connectivity index (χ4v) is 2.14. The molecule has 0 radical (unpaired) electrons. The Hall–Kier alpha value is -3.27. The topological polar surface area (TPSA) is 96.6 Å². The zero-order chi connectivity index (χ0) is 16.4. The smallest absolute Gasteiger partial charge is 0.252 e. The number of furan rings is 1. The molecule has 0 unspecified atom stereocenters. The van der Waals surface area contributed by atoms with Crippen LogP contribution in [0.1, 0.15) is 24.3 Å². The molecule has 7 nitrogen and oxygen atoms in total. The molecular formula is C16H14N4O3. The molecule has 2 aromatic heterocycles. The molecule has 0 spiro atoms. The van der Waals surface area contributed by atoms with E-state index in [4.69, 9.17) is 18.8 Å². The normalized spacial score (nSPS) is 11.5. The first-order valence-corrected chi connectivity index (χ1v) is 6.87. The van der Waals surface area contributed by atoms with Crippen LogP contribution in [0.5, 0.6) is 5.75 Å². The molecule has 3 aromatic rings. The van der Waals surface area contributed by atoms with E-state index in [9.17, 15) is 0 Å². The van der Waals surface area contributed by atoms with Crippen molar-refractivity contribution in [1.82, 2.24) is 4.98 Å². The number of benzene rings is 1. The molecule has 0 aliphatic rings. The van der Waals surface area contributed by atoms with Gasteiger partial charge in [-0.2, -0.15) is 10.4 Å². The van der Waals surface area contributed by atoms with E-state index in [-0.39, 0.29) is 11.6 Å². The summed E-state index contributed by atoms with van der Waals surface area (Å²) in [4.78, 5) is 3.94. The van der Waals surface area contributed by atoms with Crippen LogP contribution in [0.3, 0.4) is 0 Å². The Kier molecular flexibility index (Phi) is 3.73. The van der Waals surface area contributed by atoms with Gasteiger partial charge in [0.05, 0.1) is 7.11 Å². The first-order chi connectivity index (χ1) is 11.1. The van der Waals surface area contributed by atoms with E-state index in [0.717, 1.165) is 5.39 Å². The quantitative estimate of drug-likeness (QED) is 0.585. The molecule has 0 saturated carbocycles. The van der Waals surface area contributed by atoms with Crippen molar-refractivity contribution in [3.63, 3.8) is 0 Å². The van der Waals surface area contributed by atoms with Gasteiger partial charge in [-0.05, 0) is 19.1 Å². The Morgan fingerprint density at radius 3 is 2.96 bits per heavy atom. The highest BCUT2D eigenvalue weighted by molar-refractivity contribution is 6.00. The number of hydrogen-bond acceptors (Lipinski definition) is 7. The molecule has 0 fully saturated rings. The van der Waals surface area contributed by atoms with Crippen LogP contribution in [0.15, 0.2) is 38.2 Å². The zero-order valence-corrected chi connectivity index (χ0v) is 12.9. The molecule has 1 aromatic carbocycles. The number of hydrogen-bond donors (Lipinski definition) is 1. The van der Waals surface area contributed by atoms with Crippen molar-refractivity contribution in [3.8, 4) is 11.8 Å². The predicted octanol–water partition coefficient (Wildman–Crippen LogP) is 3.45. The Morgan fingerprint density at radius 1 is 1.39 bits per heavy atom. The molecule has 0 atom stereocenters. The van der Waals surface area contributed by atoms with Gasteiger partial charge >= 0.3 is 0 Å². The molecule has 2 heterocycles. The summed E-state index contributed by atoms with van der Waals surface area (Å²) in [6.45, 7) is 3.45. The number of aryl methyl sites for hydroxylation is 1. The van der Waals surface area contributed by atoms with E-state index in [1.54, 1.807) is 21.0 Å². The van der Waals surface area contributed by atoms with Crippen LogP contribution in [0, 0.1) is 18.3 Å². The highest BCUT2D eigenvalue weighted by Crippen LogP contribution is 2.28. The second kappa shape index (κ2) is 5.85. The zero-order valence-electron chi connectivity index (χ0n) is 12.9. The van der Waals surface area contributed by atoms with E-state index in [1.807, 2.05) is 30.3 Å². The molecule has 3 rings (SSSR count). The number of nitrogens with zero attached hydrogens (tertiary/aromatic N) is 3. The molecule has 116 valence electrons. The van der Waals surface area contributed by atoms with Crippen LogP contribution in [0.2, 0.25) is 0 Å². The molecule has 0 amide bonds. The van der Waals surface area contributed by atoms with Gasteiger partial charge in [-0.15, -0.1) is 0 Å². The average Bonchev–Trinajstić information content (AvgIpc) is 3.15. The van der Waals surface area contributed by atoms with Crippen LogP contribution in [-0.4, -0.2) is 17.8 Å². The number of aromatic nitrogens is 1. The van der Waals surface area contributed by atoms with Crippen molar-refractivity contribution in [2.24, 2.45) is 5.10 Å². The van der Waals surface area contributed by atoms with Gasteiger partial charge in [-0.25, -0.2) is 10.4 Å². The van der Waals surface area contributed by atoms with Gasteiger partial charge in [0.15, 0.2) is 23.0 Å². The third kappa shape index (κ3) is 2.74. The van der Waals surface area contributed by atoms with Gasteiger partial charge in [0, 0.05) is 12.3 Å². The van der Waals surface area contributed by atoms with E-state index in [0.29, 0.717) is 28.7 Å². The summed E-state index contributed by atoms with van der Waals surface area (Å²) >= 11 is 0. The minimum absolute atomic E-state index is 0.158. The first-order valence-electron chi connectivity index (χ1n) is 6.87. The summed E-state index contributed by atoms with van der Waals surface area (Å²) in [5.74, 6) is 1.85. The van der Waals surface area contributed by atoms with Crippen LogP contribution in [-0.2, 0) is 0 Å². The number of nitrogens with one attached hydrogen (secondary N) is 1. The average molecular weight is 310 g/mol. The van der Waals surface area contributed by atoms with Gasteiger partial charge in [0.2, 0.25) is 5.69 Å². The number of rotatable bonds is 4. The summed E-state index contributed by atoms with van der Waals surface area (Å²) in [5.41, 5.74) is 4.12. The summed E-state index contributed by atoms with van der Waals surface area (Å²) in [6.07, 6.45) is 0. The number of anilines is 1. The largest absolute Gasteiger partial charge is 0.493 e. The Morgan fingerprint density at radius 2 is 2.22 bits per heavy atom. The SMILES string of the molecule is COc1cccc2cc(/C(C)=N/Nc3oc(C)nc3C#N)oc12. The van der Waals surface area contributed by atoms with Crippen molar-refractivity contribution < 1.29 is 13.6 Å². The molecule has 0 aliphatic carbocycles. The predicted molar refractivity (Wildman–Crippen MR) is 84.6 cm³/mol. The fourth-order valence-electron chi connectivity index (χ4n) is 2.14. The fraction of sp³-hybridized carbons (Fsp3) is 0.188. The lowest BCUT2D eigenvalue weighted by Crippen LogP contribution is -1.98. The van der Waals surface area contributed by atoms with Gasteiger partial charge in [0.25, 0.3) is 5.88 Å². The second-order valence-corrected chi connectivity index (χ2v) is 4.82. The molecule has 1 N–H and O–H groups in total. The molecule has 7 heteroatoms. The van der Waals surface area contributed by atoms with E-state index in [1.165, 1.54) is 0 Å². The van der Waals surface area contributed by atoms with Crippen molar-refractivity contribution in [2.45, 2.75) is 13.8 Å². The summed E-state index contributed by atoms with van der Waals surface area (Å²) < 4.78 is 16.4. The van der Waals surface area contributed by atoms with Gasteiger partial charge in [-0.3, -0.25) is 0 Å². The third-order valence-corrected chi connectivity index (χ3v) is 3.25. The maximum absolute atomic E-state index is 8.97. The summed E-state index contributed by atoms with van der Waals surface area (Å²) in [7, 11) is 1.59. The van der Waals surface area contributed by atoms with Crippen LogP contribution in [0.4, 0.5) is 5.88 Å². The lowest BCUT2D eigenvalue weighted by atomic mass is 10.2. The number of methoxy groups -OCH3 is 1. The third-order valence-electron chi connectivity index (χ3n) is 3.25. The van der Waals surface area contributed by atoms with E-state index < -0.39 is 0 Å². The highest BCUT2D eigenvalue weighted by atomic mass is 16.5. The van der Waals surface area contributed by atoms with Gasteiger partial charge < -0.3 is 13.6 Å². The minimum Gasteiger partial charge on any atom is -0.493 e. The van der Waals surface area contributed by atoms with E-state index in [2.05, 4.69) is 15.5 Å². The monoisotopic (exact) mass is 310 g/mol. The van der Waals surface area contributed by atoms with Crippen molar-refractivity contribution in [3.05, 3.63) is 41.6 Å². The minimum atomic E-state index is 0.158. The number of fused-ring (bicyclic) bond motifs is 1. The number of oxazole rings is 1. The molecule has 0 saturated heterocycles. The Bertz CT molecular complexity index is 931. The number of ether oxygens (including phenoxy) is 1. The maximum Gasteiger partial charge on any atom is 0.252 e. The van der Waals surface area contributed by atoms with Crippen LogP contribution in [0.25, 0.3) is 11.0 Å². The summed E-state index contributed by atoms with van der Waals surface area (Å²) in [5, 5.41) is 14.1. The number of nitriles is 1. The Labute approximate surface area is 132 Å². The van der Waals surface area contributed by atoms with Crippen molar-refractivity contribution >= 4 is 22.6 Å². The lowest BCUT2D eigenvalue weighted by molar-refractivity contribution is 0.410. The van der Waals surface area contributed by atoms with Gasteiger partial charge in [0.1, 0.15) is 11.8 Å². The lowest BCUT2D eigenvalue weighted by Gasteiger charge is -1.99. The second-order valence-electron chi connectivity index (χ2n) is 4.82. The number of hydrazone groups is 1. The molecular weight excluding hydrogens is 296 g/mol. The van der Waals surface area contributed by atoms with Gasteiger partial charge in [-0.1, -0.05) is 12.1 Å². The van der Waals surface area contributed by atoms with E-state index >= 15 is 0 Å². The van der Waals surface area contributed by atoms with Crippen molar-refractivity contribution in [1.29, 1.82) is 5.26 Å². The van der Waals surface area contributed by atoms with Crippen LogP contribution < -0.4 is 10.2 Å². The highest BCUT2D eigenvalue weighted by Gasteiger charge is 2.12. The molecule has 0 bridgehead atoms. The number of para-hydroxylation sites is 1. The van der Waals surface area contributed by atoms with Crippen LogP contribution >= 0.6 is 0 Å². The summed E-state index contributed by atoms with van der Waals surface area (Å²) in [6, 6.07) is 9.46. The van der Waals surface area contributed by atoms with Crippen molar-refractivity contribution in [2.75, 3.05) is 12.5 Å². The Balaban J connectivity index is 1.90.